The minimum Gasteiger partial charge on any atom is -0.491 e. The van der Waals surface area contributed by atoms with Gasteiger partial charge < -0.3 is 20.7 Å². The summed E-state index contributed by atoms with van der Waals surface area (Å²) >= 11 is 0. The highest BCUT2D eigenvalue weighted by molar-refractivity contribution is 5.81. The first-order valence-electron chi connectivity index (χ1n) is 9.55. The molecule has 1 saturated carbocycles. The van der Waals surface area contributed by atoms with E-state index < -0.39 is 0 Å². The van der Waals surface area contributed by atoms with Crippen LogP contribution in [0, 0.1) is 12.8 Å². The van der Waals surface area contributed by atoms with Crippen LogP contribution in [0.3, 0.4) is 0 Å². The second-order valence-corrected chi connectivity index (χ2v) is 6.97. The molecule has 0 spiro atoms. The Morgan fingerprint density at radius 2 is 1.96 bits per heavy atom. The zero-order valence-corrected chi connectivity index (χ0v) is 16.4. The first-order valence-corrected chi connectivity index (χ1v) is 9.55. The van der Waals surface area contributed by atoms with Crippen molar-refractivity contribution in [3.05, 3.63) is 29.3 Å². The standard InChI is InChI=1S/C20H32N4O2/c1-5-21-20(23-11-10-22-19(25)16-8-9-16)24-13-17-7-6-15(4)12-18(17)26-14(2)3/h6-7,12,14,16H,5,8-11,13H2,1-4H3,(H,22,25)(H2,21,23,24). The number of benzene rings is 1. The molecule has 1 aliphatic carbocycles. The van der Waals surface area contributed by atoms with E-state index in [4.69, 9.17) is 4.74 Å². The van der Waals surface area contributed by atoms with Crippen molar-refractivity contribution in [2.45, 2.75) is 53.2 Å². The molecule has 2 rings (SSSR count). The van der Waals surface area contributed by atoms with Crippen LogP contribution in [0.15, 0.2) is 23.2 Å². The maximum absolute atomic E-state index is 11.6. The summed E-state index contributed by atoms with van der Waals surface area (Å²) in [6.45, 7) is 10.7. The summed E-state index contributed by atoms with van der Waals surface area (Å²) in [7, 11) is 0. The van der Waals surface area contributed by atoms with Gasteiger partial charge in [-0.1, -0.05) is 12.1 Å². The number of carbonyl (C=O) groups is 1. The van der Waals surface area contributed by atoms with Crippen LogP contribution in [0.1, 0.15) is 44.7 Å². The summed E-state index contributed by atoms with van der Waals surface area (Å²) in [6, 6.07) is 6.19. The Labute approximate surface area is 156 Å². The second-order valence-electron chi connectivity index (χ2n) is 6.97. The number of guanidine groups is 1. The molecule has 0 aliphatic heterocycles. The molecule has 26 heavy (non-hydrogen) atoms. The number of hydrogen-bond donors (Lipinski definition) is 3. The molecule has 6 nitrogen and oxygen atoms in total. The molecule has 0 unspecified atom stereocenters. The molecular formula is C20H32N4O2. The highest BCUT2D eigenvalue weighted by Gasteiger charge is 2.28. The number of amides is 1. The van der Waals surface area contributed by atoms with E-state index in [-0.39, 0.29) is 17.9 Å². The number of nitrogens with one attached hydrogen (secondary N) is 3. The van der Waals surface area contributed by atoms with Crippen LogP contribution in [0.2, 0.25) is 0 Å². The van der Waals surface area contributed by atoms with Crippen LogP contribution < -0.4 is 20.7 Å². The van der Waals surface area contributed by atoms with Crippen molar-refractivity contribution in [1.82, 2.24) is 16.0 Å². The maximum Gasteiger partial charge on any atom is 0.223 e. The van der Waals surface area contributed by atoms with E-state index in [0.29, 0.717) is 19.6 Å². The van der Waals surface area contributed by atoms with Crippen molar-refractivity contribution in [1.29, 1.82) is 0 Å². The Bertz CT molecular complexity index is 624. The van der Waals surface area contributed by atoms with Crippen molar-refractivity contribution in [2.75, 3.05) is 19.6 Å². The molecule has 1 amide bonds. The lowest BCUT2D eigenvalue weighted by Crippen LogP contribution is -2.41. The summed E-state index contributed by atoms with van der Waals surface area (Å²) in [5, 5.41) is 9.44. The highest BCUT2D eigenvalue weighted by atomic mass is 16.5. The Kier molecular flexibility index (Phi) is 7.75. The van der Waals surface area contributed by atoms with Crippen LogP contribution in [-0.4, -0.2) is 37.6 Å². The third-order valence-corrected chi connectivity index (χ3v) is 4.00. The zero-order valence-electron chi connectivity index (χ0n) is 16.4. The summed E-state index contributed by atoms with van der Waals surface area (Å²) in [4.78, 5) is 16.3. The lowest BCUT2D eigenvalue weighted by molar-refractivity contribution is -0.122. The van der Waals surface area contributed by atoms with Gasteiger partial charge in [0.1, 0.15) is 5.75 Å². The molecule has 0 atom stereocenters. The molecule has 1 aromatic rings. The lowest BCUT2D eigenvalue weighted by atomic mass is 10.1. The van der Waals surface area contributed by atoms with Gasteiger partial charge in [0, 0.05) is 31.1 Å². The number of nitrogens with zero attached hydrogens (tertiary/aromatic N) is 1. The number of aliphatic imine (C=N–C) groups is 1. The largest absolute Gasteiger partial charge is 0.491 e. The first-order chi connectivity index (χ1) is 12.5. The smallest absolute Gasteiger partial charge is 0.223 e. The quantitative estimate of drug-likeness (QED) is 0.359. The van der Waals surface area contributed by atoms with Crippen molar-refractivity contribution < 1.29 is 9.53 Å². The third kappa shape index (κ3) is 6.94. The lowest BCUT2D eigenvalue weighted by Gasteiger charge is -2.15. The third-order valence-electron chi connectivity index (χ3n) is 4.00. The van der Waals surface area contributed by atoms with Crippen molar-refractivity contribution in [3.8, 4) is 5.75 Å². The number of ether oxygens (including phenoxy) is 1. The van der Waals surface area contributed by atoms with Gasteiger partial charge in [-0.15, -0.1) is 0 Å². The minimum absolute atomic E-state index is 0.126. The average molecular weight is 361 g/mol. The topological polar surface area (TPSA) is 74.8 Å². The molecule has 0 heterocycles. The number of aryl methyl sites for hydroxylation is 1. The second kappa shape index (κ2) is 10.0. The fourth-order valence-electron chi connectivity index (χ4n) is 2.52. The SMILES string of the molecule is CCNC(=NCc1ccc(C)cc1OC(C)C)NCCNC(=O)C1CC1. The van der Waals surface area contributed by atoms with Crippen molar-refractivity contribution in [3.63, 3.8) is 0 Å². The Balaban J connectivity index is 1.89. The summed E-state index contributed by atoms with van der Waals surface area (Å²) in [5.41, 5.74) is 2.23. The maximum atomic E-state index is 11.6. The Hall–Kier alpha value is -2.24. The molecular weight excluding hydrogens is 328 g/mol. The van der Waals surface area contributed by atoms with E-state index in [1.165, 1.54) is 5.56 Å². The van der Waals surface area contributed by atoms with E-state index >= 15 is 0 Å². The first kappa shape index (κ1) is 20.1. The summed E-state index contributed by atoms with van der Waals surface area (Å²) in [5.74, 6) is 2.04. The van der Waals surface area contributed by atoms with Gasteiger partial charge in [-0.25, -0.2) is 4.99 Å². The van der Waals surface area contributed by atoms with Crippen molar-refractivity contribution in [2.24, 2.45) is 10.9 Å². The predicted molar refractivity (Wildman–Crippen MR) is 105 cm³/mol. The van der Waals surface area contributed by atoms with Gasteiger partial charge in [0.2, 0.25) is 5.91 Å². The normalized spacial score (nSPS) is 14.3. The van der Waals surface area contributed by atoms with Crippen LogP contribution in [0.4, 0.5) is 0 Å². The molecule has 144 valence electrons. The number of rotatable bonds is 9. The summed E-state index contributed by atoms with van der Waals surface area (Å²) < 4.78 is 5.91. The number of carbonyl (C=O) groups excluding carboxylic acids is 1. The molecule has 3 N–H and O–H groups in total. The van der Waals surface area contributed by atoms with Gasteiger partial charge in [0.05, 0.1) is 12.6 Å². The minimum atomic E-state index is 0.126. The van der Waals surface area contributed by atoms with Gasteiger partial charge in [0.25, 0.3) is 0 Å². The van der Waals surface area contributed by atoms with Gasteiger partial charge >= 0.3 is 0 Å². The molecule has 0 bridgehead atoms. The molecule has 1 fully saturated rings. The van der Waals surface area contributed by atoms with Gasteiger partial charge in [-0.2, -0.15) is 0 Å². The molecule has 6 heteroatoms. The molecule has 0 saturated heterocycles. The van der Waals surface area contributed by atoms with Crippen LogP contribution in [0.5, 0.6) is 5.75 Å². The van der Waals surface area contributed by atoms with Gasteiger partial charge in [-0.3, -0.25) is 4.79 Å². The number of hydrogen-bond acceptors (Lipinski definition) is 3. The van der Waals surface area contributed by atoms with Crippen LogP contribution in [-0.2, 0) is 11.3 Å². The fourth-order valence-corrected chi connectivity index (χ4v) is 2.52. The fraction of sp³-hybridized carbons (Fsp3) is 0.600. The molecule has 0 aromatic heterocycles. The average Bonchev–Trinajstić information content (AvgIpc) is 3.42. The Morgan fingerprint density at radius 3 is 2.62 bits per heavy atom. The zero-order chi connectivity index (χ0) is 18.9. The van der Waals surface area contributed by atoms with E-state index in [1.807, 2.05) is 20.8 Å². The van der Waals surface area contributed by atoms with E-state index in [2.05, 4.69) is 46.1 Å². The monoisotopic (exact) mass is 360 g/mol. The van der Waals surface area contributed by atoms with Gasteiger partial charge in [-0.05, 0) is 52.2 Å². The van der Waals surface area contributed by atoms with Gasteiger partial charge in [0.15, 0.2) is 5.96 Å². The summed E-state index contributed by atoms with van der Waals surface area (Å²) in [6.07, 6.45) is 2.18. The van der Waals surface area contributed by atoms with Crippen LogP contribution >= 0.6 is 0 Å². The van der Waals surface area contributed by atoms with E-state index in [0.717, 1.165) is 36.7 Å². The van der Waals surface area contributed by atoms with E-state index in [9.17, 15) is 4.79 Å². The van der Waals surface area contributed by atoms with E-state index in [1.54, 1.807) is 0 Å². The van der Waals surface area contributed by atoms with Crippen LogP contribution in [0.25, 0.3) is 0 Å². The molecule has 1 aliphatic rings. The Morgan fingerprint density at radius 1 is 1.23 bits per heavy atom. The molecule has 1 aromatic carbocycles. The predicted octanol–water partition coefficient (Wildman–Crippen LogP) is 2.36. The highest BCUT2D eigenvalue weighted by Crippen LogP contribution is 2.28. The molecule has 0 radical (unpaired) electrons. The van der Waals surface area contributed by atoms with Crippen molar-refractivity contribution >= 4 is 11.9 Å².